The van der Waals surface area contributed by atoms with Gasteiger partial charge in [0.2, 0.25) is 0 Å². The molecule has 24 heavy (non-hydrogen) atoms. The molecule has 2 aliphatic rings. The summed E-state index contributed by atoms with van der Waals surface area (Å²) in [6, 6.07) is 5.83. The zero-order valence-electron chi connectivity index (χ0n) is 13.6. The van der Waals surface area contributed by atoms with Crippen molar-refractivity contribution in [1.29, 1.82) is 0 Å². The maximum Gasteiger partial charge on any atom is 0.350 e. The fourth-order valence-electron chi connectivity index (χ4n) is 2.77. The first kappa shape index (κ1) is 16.8. The molecule has 0 saturated carbocycles. The van der Waals surface area contributed by atoms with E-state index < -0.39 is 17.7 Å². The van der Waals surface area contributed by atoms with Gasteiger partial charge in [-0.1, -0.05) is 15.9 Å². The Morgan fingerprint density at radius 2 is 1.79 bits per heavy atom. The Morgan fingerprint density at radius 1 is 1.17 bits per heavy atom. The average Bonchev–Trinajstić information content (AvgIpc) is 3.00. The molecule has 0 unspecified atom stereocenters. The van der Waals surface area contributed by atoms with Gasteiger partial charge in [0.05, 0.1) is 11.4 Å². The van der Waals surface area contributed by atoms with Gasteiger partial charge in [-0.3, -0.25) is 0 Å². The second-order valence-corrected chi connectivity index (χ2v) is 7.15. The van der Waals surface area contributed by atoms with Crippen molar-refractivity contribution >= 4 is 39.2 Å². The summed E-state index contributed by atoms with van der Waals surface area (Å²) in [6.45, 7) is 5.01. The van der Waals surface area contributed by atoms with E-state index in [-0.39, 0.29) is 5.57 Å². The van der Waals surface area contributed by atoms with Gasteiger partial charge in [0.15, 0.2) is 5.57 Å². The molecule has 2 aliphatic heterocycles. The third-order valence-electron chi connectivity index (χ3n) is 3.90. The molecule has 2 fully saturated rings. The molecule has 6 nitrogen and oxygen atoms in total. The van der Waals surface area contributed by atoms with Crippen molar-refractivity contribution in [3.05, 3.63) is 34.4 Å². The average molecular weight is 395 g/mol. The third-order valence-corrected chi connectivity index (χ3v) is 4.39. The third kappa shape index (κ3) is 3.56. The van der Waals surface area contributed by atoms with Crippen LogP contribution in [0.4, 0.5) is 11.4 Å². The molecule has 3 rings (SSSR count). The van der Waals surface area contributed by atoms with Crippen molar-refractivity contribution in [3.8, 4) is 0 Å². The van der Waals surface area contributed by atoms with Gasteiger partial charge in [0.1, 0.15) is 0 Å². The molecule has 0 aromatic heterocycles. The fraction of sp³-hybridized carbons (Fsp3) is 0.412. The molecule has 0 aliphatic carbocycles. The molecule has 1 aromatic rings. The lowest BCUT2D eigenvalue weighted by Crippen LogP contribution is -2.42. The predicted molar refractivity (Wildman–Crippen MR) is 93.6 cm³/mol. The van der Waals surface area contributed by atoms with Crippen molar-refractivity contribution in [2.75, 3.05) is 23.3 Å². The van der Waals surface area contributed by atoms with Crippen LogP contribution in [-0.2, 0) is 19.1 Å². The first-order valence-corrected chi connectivity index (χ1v) is 8.63. The fourth-order valence-corrected chi connectivity index (χ4v) is 3.12. The summed E-state index contributed by atoms with van der Waals surface area (Å²) in [5.74, 6) is -2.61. The van der Waals surface area contributed by atoms with Gasteiger partial charge in [0, 0.05) is 37.6 Å². The van der Waals surface area contributed by atoms with Crippen LogP contribution in [0.15, 0.2) is 34.4 Å². The monoisotopic (exact) mass is 394 g/mol. The lowest BCUT2D eigenvalue weighted by Gasteiger charge is -2.29. The van der Waals surface area contributed by atoms with Crippen LogP contribution in [0.5, 0.6) is 0 Å². The summed E-state index contributed by atoms with van der Waals surface area (Å²) in [7, 11) is 0. The highest BCUT2D eigenvalue weighted by Crippen LogP contribution is 2.32. The van der Waals surface area contributed by atoms with E-state index in [1.54, 1.807) is 0 Å². The Hall–Kier alpha value is -2.02. The minimum Gasteiger partial charge on any atom is -0.419 e. The number of hydrogen-bond donors (Lipinski definition) is 1. The van der Waals surface area contributed by atoms with Crippen LogP contribution in [0.2, 0.25) is 0 Å². The van der Waals surface area contributed by atoms with Gasteiger partial charge in [-0.15, -0.1) is 0 Å². The predicted octanol–water partition coefficient (Wildman–Crippen LogP) is 3.18. The van der Waals surface area contributed by atoms with E-state index in [1.165, 1.54) is 20.0 Å². The summed E-state index contributed by atoms with van der Waals surface area (Å²) >= 11 is 3.48. The van der Waals surface area contributed by atoms with Crippen molar-refractivity contribution in [2.45, 2.75) is 32.5 Å². The summed E-state index contributed by atoms with van der Waals surface area (Å²) < 4.78 is 11.1. The molecule has 0 radical (unpaired) electrons. The molecule has 0 amide bonds. The standard InChI is InChI=1S/C17H19BrN2O4/c1-17(2)23-15(21)12(16(22)24-17)10-19-13-6-5-11(18)9-14(13)20-7-3-4-8-20/h5-6,9-10,19H,3-4,7-8H2,1-2H3. The number of rotatable bonds is 3. The van der Waals surface area contributed by atoms with Crippen LogP contribution in [0.1, 0.15) is 26.7 Å². The SMILES string of the molecule is CC1(C)OC(=O)C(=CNc2ccc(Br)cc2N2CCCC2)C(=O)O1. The number of nitrogens with zero attached hydrogens (tertiary/aromatic N) is 1. The number of halogens is 1. The van der Waals surface area contributed by atoms with E-state index >= 15 is 0 Å². The van der Waals surface area contributed by atoms with Crippen LogP contribution in [-0.4, -0.2) is 30.8 Å². The lowest BCUT2D eigenvalue weighted by atomic mass is 10.2. The molecule has 0 spiro atoms. The smallest absolute Gasteiger partial charge is 0.350 e. The Labute approximate surface area is 148 Å². The highest BCUT2D eigenvalue weighted by Gasteiger charge is 2.39. The van der Waals surface area contributed by atoms with Gasteiger partial charge in [-0.25, -0.2) is 9.59 Å². The number of carbonyl (C=O) groups excluding carboxylic acids is 2. The molecule has 128 valence electrons. The zero-order chi connectivity index (χ0) is 17.3. The Kier molecular flexibility index (Phi) is 4.54. The minimum absolute atomic E-state index is 0.149. The van der Waals surface area contributed by atoms with E-state index in [0.717, 1.165) is 41.8 Å². The molecule has 2 heterocycles. The first-order valence-electron chi connectivity index (χ1n) is 7.84. The van der Waals surface area contributed by atoms with Crippen molar-refractivity contribution in [2.24, 2.45) is 0 Å². The summed E-state index contributed by atoms with van der Waals surface area (Å²) in [6.07, 6.45) is 3.66. The van der Waals surface area contributed by atoms with Crippen LogP contribution in [0.3, 0.4) is 0 Å². The van der Waals surface area contributed by atoms with E-state index in [4.69, 9.17) is 9.47 Å². The largest absolute Gasteiger partial charge is 0.419 e. The Bertz CT molecular complexity index is 687. The number of carbonyl (C=O) groups is 2. The number of nitrogens with one attached hydrogen (secondary N) is 1. The van der Waals surface area contributed by atoms with Crippen LogP contribution in [0, 0.1) is 0 Å². The maximum atomic E-state index is 12.0. The Balaban J connectivity index is 1.84. The summed E-state index contributed by atoms with van der Waals surface area (Å²) in [4.78, 5) is 26.2. The second-order valence-electron chi connectivity index (χ2n) is 6.24. The van der Waals surface area contributed by atoms with Gasteiger partial charge in [-0.2, -0.15) is 0 Å². The summed E-state index contributed by atoms with van der Waals surface area (Å²) in [5, 5.41) is 3.05. The molecular weight excluding hydrogens is 376 g/mol. The molecule has 0 atom stereocenters. The van der Waals surface area contributed by atoms with Gasteiger partial charge < -0.3 is 19.7 Å². The van der Waals surface area contributed by atoms with Gasteiger partial charge in [-0.05, 0) is 31.0 Å². The molecule has 2 saturated heterocycles. The lowest BCUT2D eigenvalue weighted by molar-refractivity contribution is -0.222. The molecular formula is C17H19BrN2O4. The van der Waals surface area contributed by atoms with E-state index in [2.05, 4.69) is 26.1 Å². The molecule has 1 N–H and O–H groups in total. The number of benzene rings is 1. The quantitative estimate of drug-likeness (QED) is 0.482. The van der Waals surface area contributed by atoms with Crippen molar-refractivity contribution in [1.82, 2.24) is 0 Å². The van der Waals surface area contributed by atoms with Gasteiger partial charge in [0.25, 0.3) is 5.79 Å². The Morgan fingerprint density at radius 3 is 2.42 bits per heavy atom. The van der Waals surface area contributed by atoms with E-state index in [0.29, 0.717) is 0 Å². The zero-order valence-corrected chi connectivity index (χ0v) is 15.2. The first-order chi connectivity index (χ1) is 11.4. The molecule has 7 heteroatoms. The number of cyclic esters (lactones) is 2. The van der Waals surface area contributed by atoms with Crippen LogP contribution < -0.4 is 10.2 Å². The minimum atomic E-state index is -1.23. The highest BCUT2D eigenvalue weighted by molar-refractivity contribution is 9.10. The normalized spacial score (nSPS) is 19.8. The van der Waals surface area contributed by atoms with Crippen molar-refractivity contribution < 1.29 is 19.1 Å². The number of hydrogen-bond acceptors (Lipinski definition) is 6. The van der Waals surface area contributed by atoms with Crippen LogP contribution in [0.25, 0.3) is 0 Å². The van der Waals surface area contributed by atoms with Crippen molar-refractivity contribution in [3.63, 3.8) is 0 Å². The number of esters is 2. The summed E-state index contributed by atoms with van der Waals surface area (Å²) in [5.41, 5.74) is 1.69. The maximum absolute atomic E-state index is 12.0. The second kappa shape index (κ2) is 6.47. The number of ether oxygens (including phenoxy) is 2. The van der Waals surface area contributed by atoms with Gasteiger partial charge >= 0.3 is 11.9 Å². The topological polar surface area (TPSA) is 67.9 Å². The van der Waals surface area contributed by atoms with Crippen LogP contribution >= 0.6 is 15.9 Å². The molecule has 1 aromatic carbocycles. The van der Waals surface area contributed by atoms with E-state index in [9.17, 15) is 9.59 Å². The molecule has 0 bridgehead atoms. The highest BCUT2D eigenvalue weighted by atomic mass is 79.9. The number of anilines is 2. The van der Waals surface area contributed by atoms with E-state index in [1.807, 2.05) is 18.2 Å².